The van der Waals surface area contributed by atoms with Crippen LogP contribution in [0, 0.1) is 13.8 Å². The maximum absolute atomic E-state index is 13.3. The van der Waals surface area contributed by atoms with Gasteiger partial charge in [0.25, 0.3) is 5.56 Å². The van der Waals surface area contributed by atoms with E-state index in [9.17, 15) is 4.79 Å². The molecule has 0 radical (unpaired) electrons. The lowest BCUT2D eigenvalue weighted by Crippen LogP contribution is -2.27. The molecule has 1 aromatic heterocycles. The van der Waals surface area contributed by atoms with E-state index in [1.54, 1.807) is 16.3 Å². The number of aryl methyl sites for hydroxylation is 2. The molecule has 1 aliphatic rings. The van der Waals surface area contributed by atoms with Crippen LogP contribution in [0.1, 0.15) is 17.5 Å². The number of aromatic nitrogens is 2. The van der Waals surface area contributed by atoms with Gasteiger partial charge in [0.15, 0.2) is 5.16 Å². The van der Waals surface area contributed by atoms with E-state index >= 15 is 0 Å². The van der Waals surface area contributed by atoms with Crippen molar-refractivity contribution in [2.75, 3.05) is 19.2 Å². The first-order chi connectivity index (χ1) is 13.1. The van der Waals surface area contributed by atoms with Gasteiger partial charge in [0.2, 0.25) is 0 Å². The normalized spacial score (nSPS) is 17.3. The first-order valence-electron chi connectivity index (χ1n) is 9.04. The van der Waals surface area contributed by atoms with Crippen molar-refractivity contribution in [3.05, 3.63) is 63.9 Å². The first kappa shape index (κ1) is 18.2. The van der Waals surface area contributed by atoms with Crippen LogP contribution in [0.15, 0.2) is 52.4 Å². The van der Waals surface area contributed by atoms with Gasteiger partial charge in [-0.25, -0.2) is 4.98 Å². The Kier molecular flexibility index (Phi) is 5.29. The van der Waals surface area contributed by atoms with Crippen molar-refractivity contribution in [2.45, 2.75) is 31.5 Å². The fourth-order valence-corrected chi connectivity index (χ4v) is 4.40. The summed E-state index contributed by atoms with van der Waals surface area (Å²) < 4.78 is 12.6. The summed E-state index contributed by atoms with van der Waals surface area (Å²) in [4.78, 5) is 18.1. The number of benzene rings is 2. The molecular formula is C21H22N2O3S. The van der Waals surface area contributed by atoms with E-state index in [4.69, 9.17) is 14.5 Å². The molecule has 0 aliphatic carbocycles. The summed E-state index contributed by atoms with van der Waals surface area (Å²) >= 11 is 1.56. The number of fused-ring (bicyclic) bond motifs is 1. The smallest absolute Gasteiger partial charge is 0.266 e. The van der Waals surface area contributed by atoms with Crippen LogP contribution in [-0.2, 0) is 9.47 Å². The second-order valence-corrected chi connectivity index (χ2v) is 7.80. The summed E-state index contributed by atoms with van der Waals surface area (Å²) in [5.41, 5.74) is 3.77. The third-order valence-corrected chi connectivity index (χ3v) is 5.65. The molecule has 1 saturated heterocycles. The molecule has 0 unspecified atom stereocenters. The molecule has 140 valence electrons. The second kappa shape index (κ2) is 7.84. The third kappa shape index (κ3) is 3.93. The molecule has 0 N–H and O–H groups in total. The van der Waals surface area contributed by atoms with E-state index in [0.29, 0.717) is 23.9 Å². The third-order valence-electron chi connectivity index (χ3n) is 4.58. The minimum atomic E-state index is -0.0407. The highest BCUT2D eigenvalue weighted by molar-refractivity contribution is 7.99. The van der Waals surface area contributed by atoms with Gasteiger partial charge < -0.3 is 9.47 Å². The van der Waals surface area contributed by atoms with Gasteiger partial charge in [0.1, 0.15) is 6.79 Å². The van der Waals surface area contributed by atoms with Crippen molar-refractivity contribution in [1.29, 1.82) is 0 Å². The maximum atomic E-state index is 13.3. The van der Waals surface area contributed by atoms with E-state index in [1.165, 1.54) is 0 Å². The Labute approximate surface area is 162 Å². The monoisotopic (exact) mass is 382 g/mol. The average Bonchev–Trinajstić information content (AvgIpc) is 2.66. The zero-order valence-electron chi connectivity index (χ0n) is 15.5. The Morgan fingerprint density at radius 1 is 1.19 bits per heavy atom. The number of ether oxygens (including phenoxy) is 2. The molecule has 1 atom stereocenters. The Morgan fingerprint density at radius 2 is 1.96 bits per heavy atom. The molecule has 1 fully saturated rings. The van der Waals surface area contributed by atoms with Crippen LogP contribution >= 0.6 is 11.8 Å². The quantitative estimate of drug-likeness (QED) is 0.507. The lowest BCUT2D eigenvalue weighted by Gasteiger charge is -2.22. The number of rotatable bonds is 4. The molecule has 0 amide bonds. The van der Waals surface area contributed by atoms with Crippen LogP contribution < -0.4 is 5.56 Å². The zero-order chi connectivity index (χ0) is 18.8. The number of nitrogens with zero attached hydrogens (tertiary/aromatic N) is 2. The van der Waals surface area contributed by atoms with Crippen LogP contribution in [0.4, 0.5) is 0 Å². The minimum Gasteiger partial charge on any atom is -0.355 e. The summed E-state index contributed by atoms with van der Waals surface area (Å²) in [6, 6.07) is 13.7. The molecule has 0 spiro atoms. The average molecular weight is 382 g/mol. The van der Waals surface area contributed by atoms with Crippen LogP contribution in [0.3, 0.4) is 0 Å². The molecule has 0 saturated carbocycles. The molecule has 2 aromatic carbocycles. The Balaban J connectivity index is 1.81. The molecule has 27 heavy (non-hydrogen) atoms. The Bertz CT molecular complexity index is 1010. The van der Waals surface area contributed by atoms with Crippen molar-refractivity contribution < 1.29 is 9.47 Å². The Hall–Kier alpha value is -2.15. The molecule has 4 rings (SSSR count). The highest BCUT2D eigenvalue weighted by Gasteiger charge is 2.18. The number of thioether (sulfide) groups is 1. The molecule has 5 nitrogen and oxygen atoms in total. The molecule has 6 heteroatoms. The van der Waals surface area contributed by atoms with Crippen molar-refractivity contribution in [2.24, 2.45) is 0 Å². The highest BCUT2D eigenvalue weighted by atomic mass is 32.2. The SMILES string of the molecule is Cc1cc(C)cc(-n2c(SC[C@H]3CCOCO3)nc3ccccc3c2=O)c1. The van der Waals surface area contributed by atoms with Crippen LogP contribution in [-0.4, -0.2) is 34.8 Å². The summed E-state index contributed by atoms with van der Waals surface area (Å²) in [5, 5.41) is 1.32. The predicted octanol–water partition coefficient (Wildman–Crippen LogP) is 3.86. The maximum Gasteiger partial charge on any atom is 0.266 e. The van der Waals surface area contributed by atoms with Gasteiger partial charge >= 0.3 is 0 Å². The van der Waals surface area contributed by atoms with Gasteiger partial charge in [-0.15, -0.1) is 0 Å². The summed E-state index contributed by atoms with van der Waals surface area (Å²) in [6.07, 6.45) is 0.966. The topological polar surface area (TPSA) is 53.4 Å². The van der Waals surface area contributed by atoms with Crippen LogP contribution in [0.5, 0.6) is 0 Å². The van der Waals surface area contributed by atoms with Crippen LogP contribution in [0.2, 0.25) is 0 Å². The first-order valence-corrected chi connectivity index (χ1v) is 10.0. The van der Waals surface area contributed by atoms with Crippen molar-refractivity contribution >= 4 is 22.7 Å². The molecule has 3 aromatic rings. The zero-order valence-corrected chi connectivity index (χ0v) is 16.3. The molecule has 0 bridgehead atoms. The minimum absolute atomic E-state index is 0.0407. The summed E-state index contributed by atoms with van der Waals surface area (Å²) in [7, 11) is 0. The van der Waals surface area contributed by atoms with Crippen molar-refractivity contribution in [3.63, 3.8) is 0 Å². The molecular weight excluding hydrogens is 360 g/mol. The fourth-order valence-electron chi connectivity index (χ4n) is 3.32. The van der Waals surface area contributed by atoms with Gasteiger partial charge in [0.05, 0.1) is 29.3 Å². The Morgan fingerprint density at radius 3 is 2.70 bits per heavy atom. The fraction of sp³-hybridized carbons (Fsp3) is 0.333. The highest BCUT2D eigenvalue weighted by Crippen LogP contribution is 2.25. The van der Waals surface area contributed by atoms with E-state index in [2.05, 4.69) is 6.07 Å². The van der Waals surface area contributed by atoms with Crippen LogP contribution in [0.25, 0.3) is 16.6 Å². The van der Waals surface area contributed by atoms with E-state index in [-0.39, 0.29) is 11.7 Å². The number of hydrogen-bond donors (Lipinski definition) is 0. The molecule has 2 heterocycles. The lowest BCUT2D eigenvalue weighted by molar-refractivity contribution is -0.130. The van der Waals surface area contributed by atoms with E-state index < -0.39 is 0 Å². The van der Waals surface area contributed by atoms with Gasteiger partial charge in [-0.2, -0.15) is 0 Å². The van der Waals surface area contributed by atoms with Gasteiger partial charge in [-0.1, -0.05) is 30.0 Å². The van der Waals surface area contributed by atoms with Gasteiger partial charge in [0, 0.05) is 5.75 Å². The molecule has 1 aliphatic heterocycles. The summed E-state index contributed by atoms with van der Waals surface area (Å²) in [5.74, 6) is 0.735. The van der Waals surface area contributed by atoms with Crippen molar-refractivity contribution in [1.82, 2.24) is 9.55 Å². The second-order valence-electron chi connectivity index (χ2n) is 6.81. The predicted molar refractivity (Wildman–Crippen MR) is 108 cm³/mol. The standard InChI is InChI=1S/C21H22N2O3S/c1-14-9-15(2)11-16(10-14)23-20(24)18-5-3-4-6-19(18)22-21(23)27-12-17-7-8-25-13-26-17/h3-6,9-11,17H,7-8,12-13H2,1-2H3/t17-/m1/s1. The number of para-hydroxylation sites is 1. The van der Waals surface area contributed by atoms with Crippen molar-refractivity contribution in [3.8, 4) is 5.69 Å². The largest absolute Gasteiger partial charge is 0.355 e. The lowest BCUT2D eigenvalue weighted by atomic mass is 10.1. The van der Waals surface area contributed by atoms with Gasteiger partial charge in [-0.3, -0.25) is 9.36 Å². The van der Waals surface area contributed by atoms with Gasteiger partial charge in [-0.05, 0) is 55.7 Å². The summed E-state index contributed by atoms with van der Waals surface area (Å²) in [6.45, 7) is 5.12. The van der Waals surface area contributed by atoms with E-state index in [0.717, 1.165) is 34.5 Å². The number of hydrogen-bond acceptors (Lipinski definition) is 5. The van der Waals surface area contributed by atoms with E-state index in [1.807, 2.05) is 50.2 Å².